The Labute approximate surface area is 161 Å². The van der Waals surface area contributed by atoms with Crippen LogP contribution in [0.5, 0.6) is 0 Å². The molecule has 0 atom stereocenters. The van der Waals surface area contributed by atoms with Crippen LogP contribution in [0.2, 0.25) is 5.02 Å². The molecule has 1 heterocycles. The lowest BCUT2D eigenvalue weighted by Gasteiger charge is -2.34. The highest BCUT2D eigenvalue weighted by Gasteiger charge is 2.27. The highest BCUT2D eigenvalue weighted by Crippen LogP contribution is 2.40. The van der Waals surface area contributed by atoms with E-state index in [1.54, 1.807) is 0 Å². The minimum atomic E-state index is -0.111. The number of anilines is 1. The second-order valence-corrected chi connectivity index (χ2v) is 9.16. The van der Waals surface area contributed by atoms with Crippen molar-refractivity contribution in [2.24, 2.45) is 5.41 Å². The Balaban J connectivity index is 2.17. The fourth-order valence-electron chi connectivity index (χ4n) is 3.82. The number of para-hydroxylation sites is 1. The first-order chi connectivity index (χ1) is 12.2. The summed E-state index contributed by atoms with van der Waals surface area (Å²) in [6, 6.07) is 18.3. The molecule has 0 unspecified atom stereocenters. The maximum atomic E-state index is 6.86. The fraction of sp³-hybridized carbons (Fsp3) is 0.348. The first-order valence-electron chi connectivity index (χ1n) is 9.08. The quantitative estimate of drug-likeness (QED) is 0.528. The average Bonchev–Trinajstić information content (AvgIpc) is 2.53. The highest BCUT2D eigenvalue weighted by atomic mass is 35.5. The molecule has 0 saturated carbocycles. The molecule has 0 aliphatic heterocycles. The topological polar surface area (TPSA) is 24.9 Å². The summed E-state index contributed by atoms with van der Waals surface area (Å²) in [7, 11) is 0. The number of hydrogen-bond donors (Lipinski definition) is 1. The van der Waals surface area contributed by atoms with Gasteiger partial charge in [0.25, 0.3) is 0 Å². The summed E-state index contributed by atoms with van der Waals surface area (Å²) in [5.41, 5.74) is 3.05. The molecule has 0 fully saturated rings. The van der Waals surface area contributed by atoms with Crippen LogP contribution in [0.4, 0.5) is 5.82 Å². The van der Waals surface area contributed by atoms with E-state index in [9.17, 15) is 0 Å². The van der Waals surface area contributed by atoms with E-state index < -0.39 is 0 Å². The van der Waals surface area contributed by atoms with E-state index in [2.05, 4.69) is 52.1 Å². The predicted octanol–water partition coefficient (Wildman–Crippen LogP) is 7.18. The predicted molar refractivity (Wildman–Crippen MR) is 114 cm³/mol. The van der Waals surface area contributed by atoms with Crippen molar-refractivity contribution in [2.75, 3.05) is 5.32 Å². The standard InChI is InChI=1S/C23H27ClN2/c1-22(2,3)15-23(4,5)26-21-19(16-11-7-6-8-12-16)20(24)17-13-9-10-14-18(17)25-21/h6-14H,15H2,1-5H3,(H,25,26). The lowest BCUT2D eigenvalue weighted by atomic mass is 9.81. The normalized spacial score (nSPS) is 12.4. The number of aromatic nitrogens is 1. The molecule has 0 radical (unpaired) electrons. The Bertz CT molecular complexity index is 909. The zero-order valence-electron chi connectivity index (χ0n) is 16.2. The minimum Gasteiger partial charge on any atom is -0.365 e. The zero-order chi connectivity index (χ0) is 18.9. The van der Waals surface area contributed by atoms with Crippen LogP contribution < -0.4 is 5.32 Å². The van der Waals surface area contributed by atoms with Crippen molar-refractivity contribution in [1.29, 1.82) is 0 Å². The van der Waals surface area contributed by atoms with Crippen molar-refractivity contribution < 1.29 is 0 Å². The number of hydrogen-bond acceptors (Lipinski definition) is 2. The van der Waals surface area contributed by atoms with E-state index in [1.807, 2.05) is 42.5 Å². The zero-order valence-corrected chi connectivity index (χ0v) is 17.0. The molecular weight excluding hydrogens is 340 g/mol. The van der Waals surface area contributed by atoms with E-state index in [0.29, 0.717) is 0 Å². The van der Waals surface area contributed by atoms with Gasteiger partial charge in [-0.3, -0.25) is 0 Å². The van der Waals surface area contributed by atoms with Gasteiger partial charge in [-0.15, -0.1) is 0 Å². The summed E-state index contributed by atoms with van der Waals surface area (Å²) >= 11 is 6.86. The van der Waals surface area contributed by atoms with Crippen LogP contribution >= 0.6 is 11.6 Å². The van der Waals surface area contributed by atoms with E-state index >= 15 is 0 Å². The Kier molecular flexibility index (Phi) is 4.98. The van der Waals surface area contributed by atoms with Crippen molar-refractivity contribution in [3.05, 3.63) is 59.6 Å². The second-order valence-electron chi connectivity index (χ2n) is 8.78. The first kappa shape index (κ1) is 18.7. The van der Waals surface area contributed by atoms with Gasteiger partial charge >= 0.3 is 0 Å². The molecule has 1 aromatic heterocycles. The third kappa shape index (κ3) is 4.19. The smallest absolute Gasteiger partial charge is 0.136 e. The number of nitrogens with one attached hydrogen (secondary N) is 1. The van der Waals surface area contributed by atoms with E-state index in [4.69, 9.17) is 16.6 Å². The summed E-state index contributed by atoms with van der Waals surface area (Å²) in [4.78, 5) is 4.93. The number of nitrogens with zero attached hydrogens (tertiary/aromatic N) is 1. The molecule has 0 aliphatic carbocycles. The van der Waals surface area contributed by atoms with Crippen molar-refractivity contribution in [3.8, 4) is 11.1 Å². The largest absolute Gasteiger partial charge is 0.365 e. The number of benzene rings is 2. The molecule has 3 heteroatoms. The van der Waals surface area contributed by atoms with Crippen molar-refractivity contribution in [2.45, 2.75) is 46.6 Å². The van der Waals surface area contributed by atoms with Crippen LogP contribution in [-0.4, -0.2) is 10.5 Å². The lowest BCUT2D eigenvalue weighted by Crippen LogP contribution is -2.36. The number of pyridine rings is 1. The van der Waals surface area contributed by atoms with Gasteiger partial charge in [0.2, 0.25) is 0 Å². The summed E-state index contributed by atoms with van der Waals surface area (Å²) in [6.45, 7) is 11.2. The highest BCUT2D eigenvalue weighted by molar-refractivity contribution is 6.38. The molecule has 0 amide bonds. The van der Waals surface area contributed by atoms with Gasteiger partial charge in [-0.05, 0) is 37.3 Å². The Morgan fingerprint density at radius 3 is 2.15 bits per heavy atom. The maximum Gasteiger partial charge on any atom is 0.136 e. The van der Waals surface area contributed by atoms with E-state index in [0.717, 1.165) is 39.3 Å². The summed E-state index contributed by atoms with van der Waals surface area (Å²) in [6.07, 6.45) is 1.01. The van der Waals surface area contributed by atoms with Gasteiger partial charge in [-0.1, -0.05) is 80.9 Å². The number of halogens is 1. The number of rotatable bonds is 4. The van der Waals surface area contributed by atoms with Crippen LogP contribution in [0.1, 0.15) is 41.0 Å². The summed E-state index contributed by atoms with van der Waals surface area (Å²) < 4.78 is 0. The molecule has 2 nitrogen and oxygen atoms in total. The maximum absolute atomic E-state index is 6.86. The van der Waals surface area contributed by atoms with Crippen LogP contribution in [0.3, 0.4) is 0 Å². The monoisotopic (exact) mass is 366 g/mol. The van der Waals surface area contributed by atoms with E-state index in [1.165, 1.54) is 0 Å². The molecule has 3 aromatic rings. The van der Waals surface area contributed by atoms with Crippen molar-refractivity contribution >= 4 is 28.3 Å². The molecule has 3 rings (SSSR count). The molecule has 0 spiro atoms. The Morgan fingerprint density at radius 1 is 0.885 bits per heavy atom. The van der Waals surface area contributed by atoms with Gasteiger partial charge in [0.15, 0.2) is 0 Å². The van der Waals surface area contributed by atoms with Gasteiger partial charge in [0.1, 0.15) is 5.82 Å². The van der Waals surface area contributed by atoms with Gasteiger partial charge in [0.05, 0.1) is 10.5 Å². The lowest BCUT2D eigenvalue weighted by molar-refractivity contribution is 0.302. The van der Waals surface area contributed by atoms with Gasteiger partial charge in [-0.25, -0.2) is 4.98 Å². The molecule has 26 heavy (non-hydrogen) atoms. The molecular formula is C23H27ClN2. The molecule has 1 N–H and O–H groups in total. The molecule has 0 saturated heterocycles. The molecule has 0 bridgehead atoms. The van der Waals surface area contributed by atoms with Crippen LogP contribution in [-0.2, 0) is 0 Å². The SMILES string of the molecule is CC(C)(C)CC(C)(C)Nc1nc2ccccc2c(Cl)c1-c1ccccc1. The Hall–Kier alpha value is -2.06. The van der Waals surface area contributed by atoms with Gasteiger partial charge in [0, 0.05) is 16.5 Å². The average molecular weight is 367 g/mol. The molecule has 136 valence electrons. The Morgan fingerprint density at radius 2 is 1.50 bits per heavy atom. The van der Waals surface area contributed by atoms with Crippen LogP contribution in [0, 0.1) is 5.41 Å². The van der Waals surface area contributed by atoms with Gasteiger partial charge in [-0.2, -0.15) is 0 Å². The summed E-state index contributed by atoms with van der Waals surface area (Å²) in [5, 5.41) is 5.40. The minimum absolute atomic E-state index is 0.111. The first-order valence-corrected chi connectivity index (χ1v) is 9.46. The van der Waals surface area contributed by atoms with Crippen molar-refractivity contribution in [3.63, 3.8) is 0 Å². The van der Waals surface area contributed by atoms with Crippen LogP contribution in [0.15, 0.2) is 54.6 Å². The third-order valence-corrected chi connectivity index (χ3v) is 4.71. The molecule has 0 aliphatic rings. The van der Waals surface area contributed by atoms with E-state index in [-0.39, 0.29) is 11.0 Å². The van der Waals surface area contributed by atoms with Crippen molar-refractivity contribution in [1.82, 2.24) is 4.98 Å². The molecule has 2 aromatic carbocycles. The summed E-state index contributed by atoms with van der Waals surface area (Å²) in [5.74, 6) is 0.842. The van der Waals surface area contributed by atoms with Gasteiger partial charge < -0.3 is 5.32 Å². The fourth-order valence-corrected chi connectivity index (χ4v) is 4.18. The van der Waals surface area contributed by atoms with Crippen LogP contribution in [0.25, 0.3) is 22.0 Å². The third-order valence-electron chi connectivity index (χ3n) is 4.32. The second kappa shape index (κ2) is 6.92. The number of fused-ring (bicyclic) bond motifs is 1.